The molecule has 1 nitrogen and oxygen atoms in total. The van der Waals surface area contributed by atoms with Crippen LogP contribution in [0.4, 0.5) is 0 Å². The first-order chi connectivity index (χ1) is 5.98. The SMILES string of the molecule is C=C1CC1(C)[I-]C1N[C@@H]2C(C)C12C. The van der Waals surface area contributed by atoms with Crippen LogP contribution in [0.3, 0.4) is 0 Å². The van der Waals surface area contributed by atoms with Crippen LogP contribution in [-0.2, 0) is 0 Å². The molecular formula is C11H17IN-. The van der Waals surface area contributed by atoms with Crippen molar-refractivity contribution in [2.24, 2.45) is 11.3 Å². The van der Waals surface area contributed by atoms with Gasteiger partial charge in [0.05, 0.1) is 0 Å². The first kappa shape index (κ1) is 8.72. The summed E-state index contributed by atoms with van der Waals surface area (Å²) in [7, 11) is 0. The molecular weight excluding hydrogens is 273 g/mol. The summed E-state index contributed by atoms with van der Waals surface area (Å²) >= 11 is 0.291. The Bertz CT molecular complexity index is 294. The summed E-state index contributed by atoms with van der Waals surface area (Å²) in [4.78, 5) is 0. The Morgan fingerprint density at radius 2 is 2.15 bits per heavy atom. The zero-order chi connectivity index (χ0) is 9.43. The molecule has 2 heteroatoms. The maximum absolute atomic E-state index is 4.11. The van der Waals surface area contributed by atoms with Crippen LogP contribution in [0.15, 0.2) is 12.2 Å². The molecule has 0 radical (unpaired) electrons. The van der Waals surface area contributed by atoms with E-state index < -0.39 is 0 Å². The molecule has 1 N–H and O–H groups in total. The average molecular weight is 290 g/mol. The van der Waals surface area contributed by atoms with Gasteiger partial charge in [0.25, 0.3) is 0 Å². The molecule has 0 bridgehead atoms. The fourth-order valence-electron chi connectivity index (χ4n) is 2.57. The number of fused-ring (bicyclic) bond motifs is 1. The van der Waals surface area contributed by atoms with Crippen LogP contribution in [0, 0.1) is 11.3 Å². The molecule has 3 rings (SSSR count). The second-order valence-electron chi connectivity index (χ2n) is 5.25. The van der Waals surface area contributed by atoms with E-state index in [0.29, 0.717) is 30.0 Å². The summed E-state index contributed by atoms with van der Waals surface area (Å²) in [6.45, 7) is 11.4. The molecule has 0 aromatic heterocycles. The molecule has 13 heavy (non-hydrogen) atoms. The van der Waals surface area contributed by atoms with Crippen molar-refractivity contribution in [1.29, 1.82) is 0 Å². The number of allylic oxidation sites excluding steroid dienone is 1. The number of alkyl halides is 2. The third-order valence-corrected chi connectivity index (χ3v) is 9.26. The summed E-state index contributed by atoms with van der Waals surface area (Å²) in [5, 5.41) is 3.73. The quantitative estimate of drug-likeness (QED) is 0.290. The van der Waals surface area contributed by atoms with Crippen LogP contribution >= 0.6 is 0 Å². The molecule has 74 valence electrons. The van der Waals surface area contributed by atoms with Crippen molar-refractivity contribution < 1.29 is 21.2 Å². The number of halogens is 1. The number of hydrogen-bond acceptors (Lipinski definition) is 1. The van der Waals surface area contributed by atoms with E-state index in [4.69, 9.17) is 0 Å². The van der Waals surface area contributed by atoms with Gasteiger partial charge >= 0.3 is 90.7 Å². The van der Waals surface area contributed by atoms with Gasteiger partial charge in [0.2, 0.25) is 0 Å². The van der Waals surface area contributed by atoms with Crippen LogP contribution in [0.5, 0.6) is 0 Å². The van der Waals surface area contributed by atoms with Crippen molar-refractivity contribution in [3.8, 4) is 0 Å². The molecule has 0 amide bonds. The molecule has 0 aromatic rings. The first-order valence-electron chi connectivity index (χ1n) is 5.07. The Balaban J connectivity index is 1.68. The molecule has 5 atom stereocenters. The Morgan fingerprint density at radius 3 is 2.46 bits per heavy atom. The molecule has 1 saturated heterocycles. The zero-order valence-electron chi connectivity index (χ0n) is 8.52. The van der Waals surface area contributed by atoms with Gasteiger partial charge in [-0.1, -0.05) is 0 Å². The van der Waals surface area contributed by atoms with Gasteiger partial charge in [-0.25, -0.2) is 0 Å². The van der Waals surface area contributed by atoms with Crippen molar-refractivity contribution in [3.63, 3.8) is 0 Å². The summed E-state index contributed by atoms with van der Waals surface area (Å²) in [6.07, 6.45) is 1.31. The van der Waals surface area contributed by atoms with Crippen LogP contribution < -0.4 is 26.5 Å². The van der Waals surface area contributed by atoms with E-state index in [-0.39, 0.29) is 0 Å². The second kappa shape index (κ2) is 2.16. The van der Waals surface area contributed by atoms with Gasteiger partial charge in [-0.2, -0.15) is 0 Å². The average Bonchev–Trinajstić information content (AvgIpc) is 2.77. The normalized spacial score (nSPS) is 63.0. The van der Waals surface area contributed by atoms with Crippen LogP contribution in [-0.4, -0.2) is 13.5 Å². The van der Waals surface area contributed by atoms with Crippen LogP contribution in [0.1, 0.15) is 27.2 Å². The predicted octanol–water partition coefficient (Wildman–Crippen LogP) is -1.25. The summed E-state index contributed by atoms with van der Waals surface area (Å²) < 4.78 is 1.49. The molecule has 3 fully saturated rings. The van der Waals surface area contributed by atoms with Gasteiger partial charge < -0.3 is 0 Å². The van der Waals surface area contributed by atoms with Gasteiger partial charge in [-0.05, 0) is 0 Å². The Kier molecular flexibility index (Phi) is 1.45. The fourth-order valence-corrected chi connectivity index (χ4v) is 7.26. The Morgan fingerprint density at radius 1 is 1.54 bits per heavy atom. The van der Waals surface area contributed by atoms with Crippen molar-refractivity contribution in [2.75, 3.05) is 0 Å². The van der Waals surface area contributed by atoms with Gasteiger partial charge in [0.1, 0.15) is 0 Å². The number of hydrogen-bond donors (Lipinski definition) is 1. The Labute approximate surface area is 90.6 Å². The minimum atomic E-state index is 0.291. The molecule has 0 spiro atoms. The summed E-state index contributed by atoms with van der Waals surface area (Å²) in [5.41, 5.74) is 2.21. The summed E-state index contributed by atoms with van der Waals surface area (Å²) in [6, 6.07) is 0.868. The van der Waals surface area contributed by atoms with Crippen molar-refractivity contribution >= 4 is 0 Å². The first-order valence-corrected chi connectivity index (χ1v) is 7.40. The molecule has 4 unspecified atom stereocenters. The van der Waals surface area contributed by atoms with Gasteiger partial charge in [0.15, 0.2) is 0 Å². The van der Waals surface area contributed by atoms with Gasteiger partial charge in [0, 0.05) is 0 Å². The minimum absolute atomic E-state index is 0.291. The summed E-state index contributed by atoms with van der Waals surface area (Å²) in [5.74, 6) is 0.938. The monoisotopic (exact) mass is 290 g/mol. The molecule has 2 aliphatic carbocycles. The van der Waals surface area contributed by atoms with E-state index in [1.807, 2.05) is 0 Å². The third kappa shape index (κ3) is 0.916. The molecule has 0 aromatic carbocycles. The van der Waals surface area contributed by atoms with Gasteiger partial charge in [-0.15, -0.1) is 0 Å². The molecule has 2 saturated carbocycles. The van der Waals surface area contributed by atoms with Crippen molar-refractivity contribution in [1.82, 2.24) is 5.32 Å². The predicted molar refractivity (Wildman–Crippen MR) is 50.1 cm³/mol. The molecule has 3 aliphatic rings. The van der Waals surface area contributed by atoms with E-state index in [0.717, 1.165) is 16.0 Å². The van der Waals surface area contributed by atoms with Crippen molar-refractivity contribution in [3.05, 3.63) is 12.2 Å². The zero-order valence-corrected chi connectivity index (χ0v) is 10.7. The number of rotatable bonds is 2. The Hall–Kier alpha value is 0.430. The standard InChI is InChI=1S/C11H17IN/c1-6-5-10(6,3)12-9-11(4)7(2)8(11)13-9/h7-9,13H,1,5H2,2-4H3/q-1/t7?,8-,9?,10?,11?/m1/s1. The van der Waals surface area contributed by atoms with E-state index in [1.54, 1.807) is 0 Å². The maximum atomic E-state index is 4.11. The molecule has 1 aliphatic heterocycles. The fraction of sp³-hybridized carbons (Fsp3) is 0.818. The molecule has 1 heterocycles. The topological polar surface area (TPSA) is 12.0 Å². The second-order valence-corrected chi connectivity index (χ2v) is 9.50. The van der Waals surface area contributed by atoms with E-state index in [9.17, 15) is 0 Å². The third-order valence-electron chi connectivity index (χ3n) is 4.42. The van der Waals surface area contributed by atoms with Crippen LogP contribution in [0.2, 0.25) is 0 Å². The number of nitrogens with one attached hydrogen (secondary N) is 1. The van der Waals surface area contributed by atoms with Crippen molar-refractivity contribution in [2.45, 2.75) is 40.7 Å². The van der Waals surface area contributed by atoms with E-state index >= 15 is 0 Å². The van der Waals surface area contributed by atoms with Crippen LogP contribution in [0.25, 0.3) is 0 Å². The van der Waals surface area contributed by atoms with Gasteiger partial charge in [-0.3, -0.25) is 0 Å². The van der Waals surface area contributed by atoms with E-state index in [1.165, 1.54) is 12.0 Å². The van der Waals surface area contributed by atoms with E-state index in [2.05, 4.69) is 32.7 Å².